The molecule has 146 valence electrons. The first-order valence-electron chi connectivity index (χ1n) is 9.87. The molecule has 1 aliphatic rings. The Morgan fingerprint density at radius 1 is 1.10 bits per heavy atom. The van der Waals surface area contributed by atoms with Crippen LogP contribution >= 0.6 is 0 Å². The number of anilines is 1. The van der Waals surface area contributed by atoms with Crippen molar-refractivity contribution in [1.82, 2.24) is 24.6 Å². The van der Waals surface area contributed by atoms with E-state index in [0.717, 1.165) is 47.6 Å². The monoisotopic (exact) mass is 386 g/mol. The Bertz CT molecular complexity index is 1100. The maximum atomic E-state index is 13.0. The van der Waals surface area contributed by atoms with E-state index in [-0.39, 0.29) is 11.9 Å². The van der Waals surface area contributed by atoms with Gasteiger partial charge in [0.2, 0.25) is 0 Å². The lowest BCUT2D eigenvalue weighted by Crippen LogP contribution is -2.42. The second kappa shape index (κ2) is 7.43. The molecule has 0 aliphatic carbocycles. The smallest absolute Gasteiger partial charge is 0.321 e. The zero-order valence-corrected chi connectivity index (χ0v) is 16.0. The highest BCUT2D eigenvalue weighted by molar-refractivity contribution is 5.91. The molecule has 3 heterocycles. The van der Waals surface area contributed by atoms with Crippen molar-refractivity contribution >= 4 is 22.8 Å². The van der Waals surface area contributed by atoms with Crippen molar-refractivity contribution in [2.24, 2.45) is 0 Å². The second-order valence-electron chi connectivity index (χ2n) is 7.32. The number of carbonyl (C=O) groups is 1. The fraction of sp³-hybridized carbons (Fsp3) is 0.227. The Balaban J connectivity index is 1.33. The number of H-pyrrole nitrogens is 1. The first-order chi connectivity index (χ1) is 14.3. The molecule has 1 aliphatic heterocycles. The average molecular weight is 386 g/mol. The van der Waals surface area contributed by atoms with Gasteiger partial charge < -0.3 is 15.2 Å². The van der Waals surface area contributed by atoms with Gasteiger partial charge in [0.25, 0.3) is 0 Å². The van der Waals surface area contributed by atoms with Crippen molar-refractivity contribution in [2.45, 2.75) is 18.8 Å². The number of aromatic amines is 1. The standard InChI is InChI=1S/C22H22N6O/c29-22(26-19-10-3-4-11-20(19)28-14-6-12-23-28)27-13-5-7-16(15-27)21-24-17-8-1-2-9-18(17)25-21/h1-4,6,8-12,14,16H,5,7,13,15H2,(H,24,25)(H,26,29)/t16-/m0/s1. The number of likely N-dealkylation sites (tertiary alicyclic amines) is 1. The molecule has 4 aromatic rings. The van der Waals surface area contributed by atoms with E-state index in [1.54, 1.807) is 10.9 Å². The molecule has 2 N–H and O–H groups in total. The van der Waals surface area contributed by atoms with Gasteiger partial charge >= 0.3 is 6.03 Å². The average Bonchev–Trinajstić information content (AvgIpc) is 3.44. The Kier molecular flexibility index (Phi) is 4.48. The van der Waals surface area contributed by atoms with Crippen LogP contribution in [0.1, 0.15) is 24.6 Å². The summed E-state index contributed by atoms with van der Waals surface area (Å²) in [5.41, 5.74) is 3.60. The molecule has 7 nitrogen and oxygen atoms in total. The summed E-state index contributed by atoms with van der Waals surface area (Å²) in [6.45, 7) is 1.39. The number of imidazole rings is 1. The van der Waals surface area contributed by atoms with Crippen LogP contribution in [-0.2, 0) is 0 Å². The van der Waals surface area contributed by atoms with Crippen LogP contribution in [0.2, 0.25) is 0 Å². The SMILES string of the molecule is O=C(Nc1ccccc1-n1cccn1)N1CCC[C@H](c2nc3ccccc3[nH]2)C1. The lowest BCUT2D eigenvalue weighted by molar-refractivity contribution is 0.191. The molecular weight excluding hydrogens is 364 g/mol. The quantitative estimate of drug-likeness (QED) is 0.555. The topological polar surface area (TPSA) is 78.8 Å². The van der Waals surface area contributed by atoms with E-state index < -0.39 is 0 Å². The van der Waals surface area contributed by atoms with E-state index in [0.29, 0.717) is 6.54 Å². The highest BCUT2D eigenvalue weighted by Crippen LogP contribution is 2.27. The number of para-hydroxylation sites is 4. The third-order valence-corrected chi connectivity index (χ3v) is 5.40. The highest BCUT2D eigenvalue weighted by Gasteiger charge is 2.27. The molecule has 0 spiro atoms. The number of amides is 2. The Morgan fingerprint density at radius 3 is 2.83 bits per heavy atom. The molecule has 7 heteroatoms. The first-order valence-corrected chi connectivity index (χ1v) is 9.87. The number of piperidine rings is 1. The summed E-state index contributed by atoms with van der Waals surface area (Å²) in [5, 5.41) is 7.34. The van der Waals surface area contributed by atoms with E-state index in [2.05, 4.69) is 15.4 Å². The van der Waals surface area contributed by atoms with E-state index >= 15 is 0 Å². The number of hydrogen-bond acceptors (Lipinski definition) is 3. The first kappa shape index (κ1) is 17.5. The number of nitrogens with one attached hydrogen (secondary N) is 2. The van der Waals surface area contributed by atoms with Crippen LogP contribution in [-0.4, -0.2) is 43.8 Å². The number of benzene rings is 2. The van der Waals surface area contributed by atoms with E-state index in [9.17, 15) is 4.79 Å². The zero-order valence-electron chi connectivity index (χ0n) is 16.0. The van der Waals surface area contributed by atoms with Crippen LogP contribution in [0.25, 0.3) is 16.7 Å². The summed E-state index contributed by atoms with van der Waals surface area (Å²) < 4.78 is 1.75. The van der Waals surface area contributed by atoms with Gasteiger partial charge in [-0.1, -0.05) is 24.3 Å². The molecule has 29 heavy (non-hydrogen) atoms. The molecule has 5 rings (SSSR count). The van der Waals surface area contributed by atoms with Gasteiger partial charge in [-0.2, -0.15) is 5.10 Å². The van der Waals surface area contributed by atoms with Crippen molar-refractivity contribution in [3.05, 3.63) is 72.8 Å². The molecule has 2 amide bonds. The molecule has 0 saturated carbocycles. The fourth-order valence-corrected chi connectivity index (χ4v) is 3.94. The van der Waals surface area contributed by atoms with Gasteiger partial charge in [-0.05, 0) is 43.2 Å². The van der Waals surface area contributed by atoms with Crippen molar-refractivity contribution in [3.63, 3.8) is 0 Å². The normalized spacial score (nSPS) is 16.8. The maximum Gasteiger partial charge on any atom is 0.321 e. The molecule has 0 unspecified atom stereocenters. The molecule has 0 bridgehead atoms. The third-order valence-electron chi connectivity index (χ3n) is 5.40. The van der Waals surface area contributed by atoms with Gasteiger partial charge in [0.05, 0.1) is 22.4 Å². The minimum atomic E-state index is -0.0922. The van der Waals surface area contributed by atoms with Gasteiger partial charge in [0.15, 0.2) is 0 Å². The van der Waals surface area contributed by atoms with Gasteiger partial charge in [-0.3, -0.25) is 0 Å². The number of carbonyl (C=O) groups excluding carboxylic acids is 1. The van der Waals surface area contributed by atoms with Crippen molar-refractivity contribution in [2.75, 3.05) is 18.4 Å². The summed E-state index contributed by atoms with van der Waals surface area (Å²) in [4.78, 5) is 23.0. The number of nitrogens with zero attached hydrogens (tertiary/aromatic N) is 4. The minimum Gasteiger partial charge on any atom is -0.342 e. The molecule has 2 aromatic carbocycles. The molecule has 1 atom stereocenters. The Morgan fingerprint density at radius 2 is 1.97 bits per heavy atom. The molecule has 2 aromatic heterocycles. The number of fused-ring (bicyclic) bond motifs is 1. The largest absolute Gasteiger partial charge is 0.342 e. The van der Waals surface area contributed by atoms with Crippen LogP contribution in [0.5, 0.6) is 0 Å². The lowest BCUT2D eigenvalue weighted by atomic mass is 9.97. The van der Waals surface area contributed by atoms with Crippen LogP contribution in [0.4, 0.5) is 10.5 Å². The van der Waals surface area contributed by atoms with E-state index in [4.69, 9.17) is 4.98 Å². The van der Waals surface area contributed by atoms with Crippen molar-refractivity contribution < 1.29 is 4.79 Å². The summed E-state index contributed by atoms with van der Waals surface area (Å²) in [7, 11) is 0. The van der Waals surface area contributed by atoms with E-state index in [1.165, 1.54) is 0 Å². The number of urea groups is 1. The Labute approximate surface area is 168 Å². The number of rotatable bonds is 3. The number of aromatic nitrogens is 4. The van der Waals surface area contributed by atoms with Crippen molar-refractivity contribution in [3.8, 4) is 5.69 Å². The Hall–Kier alpha value is -3.61. The van der Waals surface area contributed by atoms with Gasteiger partial charge in [0, 0.05) is 31.4 Å². The van der Waals surface area contributed by atoms with Crippen LogP contribution in [0.3, 0.4) is 0 Å². The lowest BCUT2D eigenvalue weighted by Gasteiger charge is -2.32. The fourth-order valence-electron chi connectivity index (χ4n) is 3.94. The number of hydrogen-bond donors (Lipinski definition) is 2. The zero-order chi connectivity index (χ0) is 19.6. The predicted molar refractivity (Wildman–Crippen MR) is 112 cm³/mol. The van der Waals surface area contributed by atoms with Crippen LogP contribution < -0.4 is 5.32 Å². The maximum absolute atomic E-state index is 13.0. The van der Waals surface area contributed by atoms with Gasteiger partial charge in [0.1, 0.15) is 5.82 Å². The predicted octanol–water partition coefficient (Wildman–Crippen LogP) is 4.16. The summed E-state index contributed by atoms with van der Waals surface area (Å²) in [6, 6.07) is 17.5. The van der Waals surface area contributed by atoms with Crippen molar-refractivity contribution in [1.29, 1.82) is 0 Å². The van der Waals surface area contributed by atoms with Crippen LogP contribution in [0, 0.1) is 0 Å². The summed E-state index contributed by atoms with van der Waals surface area (Å²) in [5.74, 6) is 1.17. The molecular formula is C22H22N6O. The third kappa shape index (κ3) is 3.47. The summed E-state index contributed by atoms with van der Waals surface area (Å²) >= 11 is 0. The molecule has 0 radical (unpaired) electrons. The van der Waals surface area contributed by atoms with Gasteiger partial charge in [-0.15, -0.1) is 0 Å². The molecule has 1 fully saturated rings. The van der Waals surface area contributed by atoms with Gasteiger partial charge in [-0.25, -0.2) is 14.5 Å². The van der Waals surface area contributed by atoms with E-state index in [1.807, 2.05) is 65.7 Å². The highest BCUT2D eigenvalue weighted by atomic mass is 16.2. The van der Waals surface area contributed by atoms with Crippen LogP contribution in [0.15, 0.2) is 67.0 Å². The molecule has 1 saturated heterocycles. The minimum absolute atomic E-state index is 0.0922. The summed E-state index contributed by atoms with van der Waals surface area (Å²) in [6.07, 6.45) is 5.56. The second-order valence-corrected chi connectivity index (χ2v) is 7.32.